The number of hydrogen-bond acceptors (Lipinski definition) is 3. The molecule has 2 N–H and O–H groups in total. The highest BCUT2D eigenvalue weighted by Gasteiger charge is 2.26. The number of carboxylic acid groups (broad SMARTS) is 1. The highest BCUT2D eigenvalue weighted by atomic mass is 19.1. The van der Waals surface area contributed by atoms with Gasteiger partial charge in [0.1, 0.15) is 11.9 Å². The van der Waals surface area contributed by atoms with Gasteiger partial charge in [0.05, 0.1) is 5.69 Å². The standard InChI is InChI=1S/C12H15FN2O2/c1-8-2-3-11(9(13)6-8)15-5-4-14-10(7-15)12(16)17/h2-3,6,10,14H,4-5,7H2,1H3,(H,16,17). The third-order valence-corrected chi connectivity index (χ3v) is 2.92. The molecular formula is C12H15FN2O2. The highest BCUT2D eigenvalue weighted by Crippen LogP contribution is 2.21. The Kier molecular flexibility index (Phi) is 3.28. The number of aliphatic carboxylic acids is 1. The molecule has 2 rings (SSSR count). The molecule has 1 atom stereocenters. The lowest BCUT2D eigenvalue weighted by atomic mass is 10.1. The van der Waals surface area contributed by atoms with Crippen molar-refractivity contribution in [1.82, 2.24) is 5.32 Å². The van der Waals surface area contributed by atoms with Crippen molar-refractivity contribution in [2.45, 2.75) is 13.0 Å². The summed E-state index contributed by atoms with van der Waals surface area (Å²) in [7, 11) is 0. The number of hydrogen-bond donors (Lipinski definition) is 2. The zero-order valence-corrected chi connectivity index (χ0v) is 9.61. The third-order valence-electron chi connectivity index (χ3n) is 2.92. The maximum Gasteiger partial charge on any atom is 0.322 e. The highest BCUT2D eigenvalue weighted by molar-refractivity contribution is 5.75. The van der Waals surface area contributed by atoms with Gasteiger partial charge < -0.3 is 15.3 Å². The first-order valence-electron chi connectivity index (χ1n) is 5.55. The molecule has 0 aliphatic carbocycles. The molecule has 92 valence electrons. The number of rotatable bonds is 2. The van der Waals surface area contributed by atoms with E-state index < -0.39 is 12.0 Å². The number of benzene rings is 1. The summed E-state index contributed by atoms with van der Waals surface area (Å²) in [5.74, 6) is -1.20. The molecule has 4 nitrogen and oxygen atoms in total. The van der Waals surface area contributed by atoms with Crippen LogP contribution in [-0.2, 0) is 4.79 Å². The molecule has 1 unspecified atom stereocenters. The van der Waals surface area contributed by atoms with Gasteiger partial charge in [0.25, 0.3) is 0 Å². The quantitative estimate of drug-likeness (QED) is 0.807. The van der Waals surface area contributed by atoms with Gasteiger partial charge in [-0.15, -0.1) is 0 Å². The molecule has 0 bridgehead atoms. The van der Waals surface area contributed by atoms with Crippen LogP contribution < -0.4 is 10.2 Å². The number of anilines is 1. The summed E-state index contributed by atoms with van der Waals surface area (Å²) in [5, 5.41) is 11.8. The number of carboxylic acids is 1. The minimum atomic E-state index is -0.901. The van der Waals surface area contributed by atoms with E-state index in [2.05, 4.69) is 5.32 Å². The molecule has 1 aliphatic heterocycles. The van der Waals surface area contributed by atoms with Gasteiger partial charge in [-0.2, -0.15) is 0 Å². The lowest BCUT2D eigenvalue weighted by Crippen LogP contribution is -2.54. The Hall–Kier alpha value is -1.62. The van der Waals surface area contributed by atoms with Gasteiger partial charge in [-0.1, -0.05) is 6.07 Å². The Bertz CT molecular complexity index is 437. The third kappa shape index (κ3) is 2.55. The molecule has 0 aromatic heterocycles. The van der Waals surface area contributed by atoms with E-state index in [1.165, 1.54) is 6.07 Å². The molecule has 0 radical (unpaired) electrons. The Morgan fingerprint density at radius 2 is 2.35 bits per heavy atom. The first-order valence-corrected chi connectivity index (χ1v) is 5.55. The van der Waals surface area contributed by atoms with Crippen LogP contribution >= 0.6 is 0 Å². The van der Waals surface area contributed by atoms with Crippen LogP contribution in [0.4, 0.5) is 10.1 Å². The van der Waals surface area contributed by atoms with Crippen LogP contribution in [-0.4, -0.2) is 36.8 Å². The average Bonchev–Trinajstić information content (AvgIpc) is 2.29. The van der Waals surface area contributed by atoms with Crippen LogP contribution in [0.15, 0.2) is 18.2 Å². The predicted octanol–water partition coefficient (Wildman–Crippen LogP) is 0.997. The van der Waals surface area contributed by atoms with Crippen LogP contribution in [0.25, 0.3) is 0 Å². The van der Waals surface area contributed by atoms with E-state index in [4.69, 9.17) is 5.11 Å². The van der Waals surface area contributed by atoms with Gasteiger partial charge in [0.15, 0.2) is 0 Å². The van der Waals surface area contributed by atoms with Crippen LogP contribution in [0.1, 0.15) is 5.56 Å². The molecule has 1 heterocycles. The van der Waals surface area contributed by atoms with Crippen LogP contribution in [0.2, 0.25) is 0 Å². The monoisotopic (exact) mass is 238 g/mol. The summed E-state index contributed by atoms with van der Waals surface area (Å²) in [6, 6.07) is 4.36. The summed E-state index contributed by atoms with van der Waals surface area (Å²) in [6.07, 6.45) is 0. The fourth-order valence-electron chi connectivity index (χ4n) is 2.00. The lowest BCUT2D eigenvalue weighted by molar-refractivity contribution is -0.139. The van der Waals surface area contributed by atoms with Crippen LogP contribution in [0, 0.1) is 12.7 Å². The Labute approximate surface area is 99.0 Å². The van der Waals surface area contributed by atoms with E-state index in [0.29, 0.717) is 18.8 Å². The second-order valence-electron chi connectivity index (χ2n) is 4.25. The maximum atomic E-state index is 13.8. The molecule has 17 heavy (non-hydrogen) atoms. The smallest absolute Gasteiger partial charge is 0.322 e. The normalized spacial score (nSPS) is 20.4. The van der Waals surface area contributed by atoms with E-state index in [-0.39, 0.29) is 12.4 Å². The van der Waals surface area contributed by atoms with E-state index in [0.717, 1.165) is 5.56 Å². The van der Waals surface area contributed by atoms with Gasteiger partial charge in [-0.3, -0.25) is 4.79 Å². The lowest BCUT2D eigenvalue weighted by Gasteiger charge is -2.33. The van der Waals surface area contributed by atoms with Gasteiger partial charge in [0.2, 0.25) is 0 Å². The maximum absolute atomic E-state index is 13.8. The predicted molar refractivity (Wildman–Crippen MR) is 62.8 cm³/mol. The number of nitrogens with zero attached hydrogens (tertiary/aromatic N) is 1. The van der Waals surface area contributed by atoms with Crippen molar-refractivity contribution in [2.24, 2.45) is 0 Å². The van der Waals surface area contributed by atoms with Crippen molar-refractivity contribution in [3.63, 3.8) is 0 Å². The first-order chi connectivity index (χ1) is 8.08. The number of carbonyl (C=O) groups is 1. The van der Waals surface area contributed by atoms with Gasteiger partial charge in [0, 0.05) is 19.6 Å². The molecule has 1 aromatic carbocycles. The molecule has 1 fully saturated rings. The fraction of sp³-hybridized carbons (Fsp3) is 0.417. The average molecular weight is 238 g/mol. The SMILES string of the molecule is Cc1ccc(N2CCNC(C(=O)O)C2)c(F)c1. The number of halogens is 1. The van der Waals surface area contributed by atoms with E-state index >= 15 is 0 Å². The van der Waals surface area contributed by atoms with Crippen LogP contribution in [0.5, 0.6) is 0 Å². The molecular weight excluding hydrogens is 223 g/mol. The van der Waals surface area contributed by atoms with Crippen molar-refractivity contribution in [1.29, 1.82) is 0 Å². The molecule has 0 spiro atoms. The minimum absolute atomic E-state index is 0.287. The summed E-state index contributed by atoms with van der Waals surface area (Å²) < 4.78 is 13.8. The topological polar surface area (TPSA) is 52.6 Å². The van der Waals surface area contributed by atoms with E-state index in [9.17, 15) is 9.18 Å². The minimum Gasteiger partial charge on any atom is -0.480 e. The van der Waals surface area contributed by atoms with Crippen molar-refractivity contribution < 1.29 is 14.3 Å². The Balaban J connectivity index is 2.19. The summed E-state index contributed by atoms with van der Waals surface area (Å²) in [5.41, 5.74) is 1.33. The van der Waals surface area contributed by atoms with Crippen molar-refractivity contribution >= 4 is 11.7 Å². The zero-order chi connectivity index (χ0) is 12.4. The van der Waals surface area contributed by atoms with Gasteiger partial charge in [-0.05, 0) is 24.6 Å². The molecule has 5 heteroatoms. The summed E-state index contributed by atoms with van der Waals surface area (Å²) in [6.45, 7) is 3.27. The summed E-state index contributed by atoms with van der Waals surface area (Å²) >= 11 is 0. The van der Waals surface area contributed by atoms with Crippen LogP contribution in [0.3, 0.4) is 0 Å². The number of piperazine rings is 1. The van der Waals surface area contributed by atoms with Crippen molar-refractivity contribution in [3.8, 4) is 0 Å². The molecule has 0 amide bonds. The van der Waals surface area contributed by atoms with Gasteiger partial charge >= 0.3 is 5.97 Å². The van der Waals surface area contributed by atoms with E-state index in [1.54, 1.807) is 11.0 Å². The number of aryl methyl sites for hydroxylation is 1. The summed E-state index contributed by atoms with van der Waals surface area (Å²) in [4.78, 5) is 12.7. The molecule has 0 saturated carbocycles. The molecule has 1 aliphatic rings. The molecule has 1 saturated heterocycles. The number of nitrogens with one attached hydrogen (secondary N) is 1. The Morgan fingerprint density at radius 3 is 3.00 bits per heavy atom. The molecule has 1 aromatic rings. The largest absolute Gasteiger partial charge is 0.480 e. The second kappa shape index (κ2) is 4.71. The Morgan fingerprint density at radius 1 is 1.59 bits per heavy atom. The second-order valence-corrected chi connectivity index (χ2v) is 4.25. The fourth-order valence-corrected chi connectivity index (χ4v) is 2.00. The van der Waals surface area contributed by atoms with E-state index in [1.807, 2.05) is 13.0 Å². The van der Waals surface area contributed by atoms with Gasteiger partial charge in [-0.25, -0.2) is 4.39 Å². The first kappa shape index (κ1) is 11.9. The zero-order valence-electron chi connectivity index (χ0n) is 9.61. The van der Waals surface area contributed by atoms with Crippen molar-refractivity contribution in [3.05, 3.63) is 29.6 Å². The van der Waals surface area contributed by atoms with Crippen molar-refractivity contribution in [2.75, 3.05) is 24.5 Å².